The van der Waals surface area contributed by atoms with Crippen LogP contribution >= 0.6 is 0 Å². The third-order valence-corrected chi connectivity index (χ3v) is 3.45. The Kier molecular flexibility index (Phi) is 4.80. The largest absolute Gasteiger partial charge is 0.466 e. The molecule has 0 radical (unpaired) electrons. The highest BCUT2D eigenvalue weighted by Crippen LogP contribution is 2.32. The van der Waals surface area contributed by atoms with Gasteiger partial charge in [0.1, 0.15) is 0 Å². The lowest BCUT2D eigenvalue weighted by molar-refractivity contribution is -0.134. The zero-order valence-corrected chi connectivity index (χ0v) is 10.5. The summed E-state index contributed by atoms with van der Waals surface area (Å²) in [4.78, 5) is 13.2. The molecule has 0 aromatic heterocycles. The first kappa shape index (κ1) is 13.0. The molecule has 1 aliphatic carbocycles. The highest BCUT2D eigenvalue weighted by Gasteiger charge is 2.35. The molecule has 0 bridgehead atoms. The first-order valence-electron chi connectivity index (χ1n) is 5.76. The molecule has 0 heterocycles. The Labute approximate surface area is 97.6 Å². The minimum Gasteiger partial charge on any atom is -0.466 e. The number of likely N-dealkylation sites (N-methyl/N-ethyl adjacent to an activating group) is 1. The molecule has 0 aromatic rings. The molecule has 0 saturated heterocycles. The predicted molar refractivity (Wildman–Crippen MR) is 64.0 cm³/mol. The summed E-state index contributed by atoms with van der Waals surface area (Å²) in [6, 6.07) is 0. The third-order valence-electron chi connectivity index (χ3n) is 3.45. The Morgan fingerprint density at radius 1 is 1.44 bits per heavy atom. The molecular weight excluding hydrogens is 204 g/mol. The number of carbonyl (C=O) groups is 1. The third kappa shape index (κ3) is 3.23. The lowest BCUT2D eigenvalue weighted by Gasteiger charge is -2.36. The van der Waals surface area contributed by atoms with Crippen LogP contribution in [0.1, 0.15) is 25.7 Å². The van der Waals surface area contributed by atoms with Crippen LogP contribution in [0, 0.1) is 0 Å². The van der Waals surface area contributed by atoms with E-state index in [0.29, 0.717) is 0 Å². The van der Waals surface area contributed by atoms with Gasteiger partial charge in [0.25, 0.3) is 0 Å². The second-order valence-corrected chi connectivity index (χ2v) is 4.56. The Balaban J connectivity index is 2.40. The van der Waals surface area contributed by atoms with Gasteiger partial charge in [-0.1, -0.05) is 12.8 Å². The number of ether oxygens (including phenoxy) is 1. The van der Waals surface area contributed by atoms with Crippen LogP contribution in [0.4, 0.5) is 0 Å². The number of rotatable bonds is 5. The van der Waals surface area contributed by atoms with Crippen LogP contribution in [0.3, 0.4) is 0 Å². The number of hydrogen-bond acceptors (Lipinski definition) is 4. The summed E-state index contributed by atoms with van der Waals surface area (Å²) in [5.74, 6) is -0.321. The predicted octanol–water partition coefficient (Wildman–Crippen LogP) is 1.14. The SMILES string of the molecule is COC(=O)/C=C/NCC1(N(C)C)CCCC1. The van der Waals surface area contributed by atoms with Crippen molar-refractivity contribution >= 4 is 5.97 Å². The van der Waals surface area contributed by atoms with Gasteiger partial charge in [-0.15, -0.1) is 0 Å². The monoisotopic (exact) mass is 226 g/mol. The summed E-state index contributed by atoms with van der Waals surface area (Å²) in [5.41, 5.74) is 0.250. The van der Waals surface area contributed by atoms with E-state index in [0.717, 1.165) is 6.54 Å². The van der Waals surface area contributed by atoms with Crippen molar-refractivity contribution in [3.63, 3.8) is 0 Å². The maximum absolute atomic E-state index is 10.9. The maximum atomic E-state index is 10.9. The molecule has 4 nitrogen and oxygen atoms in total. The molecule has 1 N–H and O–H groups in total. The number of nitrogens with zero attached hydrogens (tertiary/aromatic N) is 1. The van der Waals surface area contributed by atoms with Gasteiger partial charge < -0.3 is 15.0 Å². The first-order chi connectivity index (χ1) is 7.60. The van der Waals surface area contributed by atoms with Gasteiger partial charge in [-0.25, -0.2) is 4.79 Å². The molecule has 92 valence electrons. The van der Waals surface area contributed by atoms with Gasteiger partial charge in [0.05, 0.1) is 7.11 Å². The normalized spacial score (nSPS) is 19.2. The molecular formula is C12H22N2O2. The Morgan fingerprint density at radius 2 is 2.06 bits per heavy atom. The van der Waals surface area contributed by atoms with Crippen LogP contribution < -0.4 is 5.32 Å². The average molecular weight is 226 g/mol. The average Bonchev–Trinajstić information content (AvgIpc) is 2.74. The van der Waals surface area contributed by atoms with Gasteiger partial charge in [-0.3, -0.25) is 0 Å². The quantitative estimate of drug-likeness (QED) is 0.564. The number of methoxy groups -OCH3 is 1. The minimum absolute atomic E-state index is 0.250. The van der Waals surface area contributed by atoms with E-state index in [2.05, 4.69) is 29.0 Å². The van der Waals surface area contributed by atoms with Crippen LogP contribution in [-0.2, 0) is 9.53 Å². The second-order valence-electron chi connectivity index (χ2n) is 4.56. The summed E-state index contributed by atoms with van der Waals surface area (Å²) in [7, 11) is 5.62. The van der Waals surface area contributed by atoms with E-state index in [9.17, 15) is 4.79 Å². The van der Waals surface area contributed by atoms with Gasteiger partial charge in [-0.2, -0.15) is 0 Å². The zero-order chi connectivity index (χ0) is 12.0. The molecule has 0 aromatic carbocycles. The van der Waals surface area contributed by atoms with Crippen LogP contribution in [-0.4, -0.2) is 44.2 Å². The standard InChI is InChI=1S/C12H22N2O2/c1-14(2)12(7-4-5-8-12)10-13-9-6-11(15)16-3/h6,9,13H,4-5,7-8,10H2,1-3H3/b9-6+. The number of carbonyl (C=O) groups excluding carboxylic acids is 1. The summed E-state index contributed by atoms with van der Waals surface area (Å²) < 4.78 is 4.52. The fourth-order valence-electron chi connectivity index (χ4n) is 2.26. The van der Waals surface area contributed by atoms with E-state index < -0.39 is 0 Å². The summed E-state index contributed by atoms with van der Waals surface area (Å²) in [6.45, 7) is 0.882. The van der Waals surface area contributed by atoms with Crippen LogP contribution in [0.5, 0.6) is 0 Å². The molecule has 1 rings (SSSR count). The Hall–Kier alpha value is -1.03. The molecule has 0 aliphatic heterocycles. The van der Waals surface area contributed by atoms with E-state index in [-0.39, 0.29) is 11.5 Å². The molecule has 0 atom stereocenters. The Morgan fingerprint density at radius 3 is 2.56 bits per heavy atom. The van der Waals surface area contributed by atoms with Gasteiger partial charge >= 0.3 is 5.97 Å². The number of hydrogen-bond donors (Lipinski definition) is 1. The lowest BCUT2D eigenvalue weighted by atomic mass is 9.96. The van der Waals surface area contributed by atoms with Gasteiger partial charge in [0.2, 0.25) is 0 Å². The van der Waals surface area contributed by atoms with Crippen molar-refractivity contribution in [2.45, 2.75) is 31.2 Å². The van der Waals surface area contributed by atoms with Gasteiger partial charge in [0, 0.05) is 24.4 Å². The molecule has 0 amide bonds. The van der Waals surface area contributed by atoms with Crippen molar-refractivity contribution < 1.29 is 9.53 Å². The van der Waals surface area contributed by atoms with Crippen LogP contribution in [0.15, 0.2) is 12.3 Å². The van der Waals surface area contributed by atoms with Gasteiger partial charge in [0.15, 0.2) is 0 Å². The zero-order valence-electron chi connectivity index (χ0n) is 10.5. The summed E-state index contributed by atoms with van der Waals surface area (Å²) in [6.07, 6.45) is 8.12. The molecule has 0 unspecified atom stereocenters. The molecule has 4 heteroatoms. The minimum atomic E-state index is -0.321. The van der Waals surface area contributed by atoms with Crippen LogP contribution in [0.25, 0.3) is 0 Å². The van der Waals surface area contributed by atoms with E-state index in [4.69, 9.17) is 0 Å². The van der Waals surface area contributed by atoms with Crippen molar-refractivity contribution in [1.29, 1.82) is 0 Å². The van der Waals surface area contributed by atoms with Crippen molar-refractivity contribution in [3.8, 4) is 0 Å². The van der Waals surface area contributed by atoms with E-state index in [1.165, 1.54) is 38.9 Å². The summed E-state index contributed by atoms with van der Waals surface area (Å²) in [5, 5.41) is 3.19. The molecule has 1 saturated carbocycles. The van der Waals surface area contributed by atoms with E-state index >= 15 is 0 Å². The van der Waals surface area contributed by atoms with Crippen LogP contribution in [0.2, 0.25) is 0 Å². The van der Waals surface area contributed by atoms with E-state index in [1.54, 1.807) is 6.20 Å². The molecule has 1 aliphatic rings. The summed E-state index contributed by atoms with van der Waals surface area (Å²) >= 11 is 0. The molecule has 1 fully saturated rings. The smallest absolute Gasteiger partial charge is 0.331 e. The van der Waals surface area contributed by atoms with Gasteiger partial charge in [-0.05, 0) is 26.9 Å². The highest BCUT2D eigenvalue weighted by molar-refractivity contribution is 5.81. The van der Waals surface area contributed by atoms with E-state index in [1.807, 2.05) is 0 Å². The van der Waals surface area contributed by atoms with Crippen molar-refractivity contribution in [1.82, 2.24) is 10.2 Å². The maximum Gasteiger partial charge on any atom is 0.331 e. The highest BCUT2D eigenvalue weighted by atomic mass is 16.5. The topological polar surface area (TPSA) is 41.6 Å². The first-order valence-corrected chi connectivity index (χ1v) is 5.76. The fourth-order valence-corrected chi connectivity index (χ4v) is 2.26. The molecule has 16 heavy (non-hydrogen) atoms. The van der Waals surface area contributed by atoms with Crippen molar-refractivity contribution in [2.24, 2.45) is 0 Å². The van der Waals surface area contributed by atoms with Crippen molar-refractivity contribution in [3.05, 3.63) is 12.3 Å². The second kappa shape index (κ2) is 5.89. The Bertz CT molecular complexity index is 256. The fraction of sp³-hybridized carbons (Fsp3) is 0.750. The molecule has 0 spiro atoms. The van der Waals surface area contributed by atoms with Crippen molar-refractivity contribution in [2.75, 3.05) is 27.7 Å². The number of esters is 1. The number of nitrogens with one attached hydrogen (secondary N) is 1. The lowest BCUT2D eigenvalue weighted by Crippen LogP contribution is -2.48.